The van der Waals surface area contributed by atoms with Crippen molar-refractivity contribution in [3.63, 3.8) is 0 Å². The Balaban J connectivity index is 0.00000243. The number of likely N-dealkylation sites (tertiary alicyclic amines) is 1. The third-order valence-electron chi connectivity index (χ3n) is 3.85. The van der Waals surface area contributed by atoms with Crippen molar-refractivity contribution in [2.75, 3.05) is 13.1 Å². The molecule has 0 bridgehead atoms. The molecule has 8 nitrogen and oxygen atoms in total. The van der Waals surface area contributed by atoms with Gasteiger partial charge in [0.1, 0.15) is 6.54 Å². The summed E-state index contributed by atoms with van der Waals surface area (Å²) in [5.74, 6) is -1.89. The van der Waals surface area contributed by atoms with Gasteiger partial charge in [-0.2, -0.15) is 18.3 Å². The maximum atomic E-state index is 12.5. The summed E-state index contributed by atoms with van der Waals surface area (Å²) in [6.07, 6.45) is -3.03. The van der Waals surface area contributed by atoms with Gasteiger partial charge >= 0.3 is 12.1 Å². The fourth-order valence-corrected chi connectivity index (χ4v) is 2.56. The zero-order valence-electron chi connectivity index (χ0n) is 13.1. The van der Waals surface area contributed by atoms with Crippen molar-refractivity contribution >= 4 is 24.3 Å². The number of carboxylic acid groups (broad SMARTS) is 1. The number of aromatic nitrogens is 3. The fraction of sp³-hybridized carbons (Fsp3) is 0.429. The molecule has 1 atom stereocenters. The summed E-state index contributed by atoms with van der Waals surface area (Å²) in [4.78, 5) is 24.5. The zero-order valence-corrected chi connectivity index (χ0v) is 14.0. The van der Waals surface area contributed by atoms with Crippen LogP contribution >= 0.6 is 12.4 Å². The van der Waals surface area contributed by atoms with Crippen LogP contribution in [0.15, 0.2) is 22.9 Å². The number of halogens is 4. The van der Waals surface area contributed by atoms with E-state index in [9.17, 15) is 22.8 Å². The maximum Gasteiger partial charge on any atom is 0.435 e. The van der Waals surface area contributed by atoms with Gasteiger partial charge in [-0.3, -0.25) is 14.3 Å². The van der Waals surface area contributed by atoms with Crippen molar-refractivity contribution in [3.8, 4) is 0 Å². The van der Waals surface area contributed by atoms with Crippen LogP contribution in [-0.2, 0) is 17.5 Å². The number of amides is 1. The van der Waals surface area contributed by atoms with Crippen LogP contribution in [0.3, 0.4) is 0 Å². The van der Waals surface area contributed by atoms with Gasteiger partial charge in [0.25, 0.3) is 5.91 Å². The van der Waals surface area contributed by atoms with E-state index in [0.717, 1.165) is 16.9 Å². The van der Waals surface area contributed by atoms with Crippen molar-refractivity contribution in [2.45, 2.75) is 19.1 Å². The second-order valence-corrected chi connectivity index (χ2v) is 5.65. The number of carbonyl (C=O) groups excluding carboxylic acids is 1. The molecule has 3 heterocycles. The van der Waals surface area contributed by atoms with Crippen LogP contribution in [0.5, 0.6) is 0 Å². The van der Waals surface area contributed by atoms with Crippen molar-refractivity contribution in [1.29, 1.82) is 0 Å². The van der Waals surface area contributed by atoms with Gasteiger partial charge in [-0.05, 0) is 12.5 Å². The van der Waals surface area contributed by atoms with E-state index in [2.05, 4.69) is 10.3 Å². The Labute approximate surface area is 151 Å². The minimum absolute atomic E-state index is 0. The van der Waals surface area contributed by atoms with E-state index >= 15 is 0 Å². The van der Waals surface area contributed by atoms with Crippen molar-refractivity contribution < 1.29 is 32.4 Å². The van der Waals surface area contributed by atoms with E-state index in [1.165, 1.54) is 11.0 Å². The van der Waals surface area contributed by atoms with E-state index in [4.69, 9.17) is 9.63 Å². The first-order chi connectivity index (χ1) is 11.7. The van der Waals surface area contributed by atoms with Gasteiger partial charge in [-0.15, -0.1) is 12.4 Å². The number of carboxylic acids is 1. The molecule has 26 heavy (non-hydrogen) atoms. The van der Waals surface area contributed by atoms with E-state index < -0.39 is 29.7 Å². The van der Waals surface area contributed by atoms with E-state index in [0.29, 0.717) is 13.0 Å². The Morgan fingerprint density at radius 1 is 1.38 bits per heavy atom. The predicted molar refractivity (Wildman–Crippen MR) is 81.7 cm³/mol. The Morgan fingerprint density at radius 3 is 2.69 bits per heavy atom. The quantitative estimate of drug-likeness (QED) is 0.850. The molecular formula is C14H14ClF3N4O4. The van der Waals surface area contributed by atoms with Gasteiger partial charge in [-0.1, -0.05) is 5.16 Å². The number of carbonyl (C=O) groups is 2. The summed E-state index contributed by atoms with van der Waals surface area (Å²) in [7, 11) is 0. The lowest BCUT2D eigenvalue weighted by Crippen LogP contribution is -2.30. The second kappa shape index (κ2) is 7.36. The molecule has 0 radical (unpaired) electrons. The molecule has 0 spiro atoms. The molecule has 1 aliphatic rings. The summed E-state index contributed by atoms with van der Waals surface area (Å²) < 4.78 is 43.5. The van der Waals surface area contributed by atoms with Crippen LogP contribution in [0.1, 0.15) is 28.4 Å². The van der Waals surface area contributed by atoms with E-state index in [1.54, 1.807) is 0 Å². The monoisotopic (exact) mass is 394 g/mol. The standard InChI is InChI=1S/C14H13F3N4O4.ClH/c15-14(16,17)11-2-4-21(18-11)7-9-5-10(19-25-9)12(22)20-3-1-8(6-20)13(23)24;/h2,4-5,8H,1,3,6-7H2,(H,23,24);1H. The lowest BCUT2D eigenvalue weighted by atomic mass is 10.1. The van der Waals surface area contributed by atoms with E-state index in [-0.39, 0.29) is 37.0 Å². The molecule has 2 aromatic heterocycles. The van der Waals surface area contributed by atoms with Crippen molar-refractivity contribution in [1.82, 2.24) is 19.8 Å². The molecule has 1 aliphatic heterocycles. The normalized spacial score (nSPS) is 17.2. The molecule has 12 heteroatoms. The van der Waals surface area contributed by atoms with Crippen molar-refractivity contribution in [3.05, 3.63) is 35.5 Å². The molecule has 0 aliphatic carbocycles. The number of rotatable bonds is 4. The average molecular weight is 395 g/mol. The summed E-state index contributed by atoms with van der Waals surface area (Å²) in [6.45, 7) is 0.269. The number of hydrogen-bond donors (Lipinski definition) is 1. The van der Waals surface area contributed by atoms with Gasteiger partial charge < -0.3 is 14.5 Å². The molecule has 1 unspecified atom stereocenters. The number of aliphatic carboxylic acids is 1. The Kier molecular flexibility index (Phi) is 5.59. The van der Waals surface area contributed by atoms with Gasteiger partial charge in [0.15, 0.2) is 17.1 Å². The Hall–Kier alpha value is -2.56. The van der Waals surface area contributed by atoms with Gasteiger partial charge in [0, 0.05) is 25.4 Å². The first kappa shape index (κ1) is 19.8. The second-order valence-electron chi connectivity index (χ2n) is 5.65. The van der Waals surface area contributed by atoms with Gasteiger partial charge in [0.2, 0.25) is 0 Å². The van der Waals surface area contributed by atoms with Gasteiger partial charge in [-0.25, -0.2) is 0 Å². The molecule has 2 aromatic rings. The Morgan fingerprint density at radius 2 is 2.12 bits per heavy atom. The SMILES string of the molecule is Cl.O=C(O)C1CCN(C(=O)c2cc(Cn3ccc(C(F)(F)F)n3)on2)C1. The maximum absolute atomic E-state index is 12.5. The predicted octanol–water partition coefficient (Wildman–Crippen LogP) is 1.91. The van der Waals surface area contributed by atoms with E-state index in [1.807, 2.05) is 0 Å². The molecule has 1 amide bonds. The number of alkyl halides is 3. The highest BCUT2D eigenvalue weighted by atomic mass is 35.5. The summed E-state index contributed by atoms with van der Waals surface area (Å²) in [5, 5.41) is 15.9. The minimum Gasteiger partial charge on any atom is -0.481 e. The summed E-state index contributed by atoms with van der Waals surface area (Å²) >= 11 is 0. The highest BCUT2D eigenvalue weighted by molar-refractivity contribution is 5.92. The van der Waals surface area contributed by atoms with Crippen LogP contribution in [0, 0.1) is 5.92 Å². The van der Waals surface area contributed by atoms with Crippen LogP contribution < -0.4 is 0 Å². The number of hydrogen-bond acceptors (Lipinski definition) is 5. The number of nitrogens with zero attached hydrogens (tertiary/aromatic N) is 4. The van der Waals surface area contributed by atoms with Gasteiger partial charge in [0.05, 0.1) is 5.92 Å². The molecule has 1 fully saturated rings. The Bertz CT molecular complexity index is 804. The molecule has 0 saturated carbocycles. The molecule has 1 N–H and O–H groups in total. The van der Waals surface area contributed by atoms with Crippen LogP contribution in [0.25, 0.3) is 0 Å². The fourth-order valence-electron chi connectivity index (χ4n) is 2.56. The minimum atomic E-state index is -4.54. The van der Waals surface area contributed by atoms with Crippen LogP contribution in [0.4, 0.5) is 13.2 Å². The third kappa shape index (κ3) is 4.15. The molecule has 1 saturated heterocycles. The summed E-state index contributed by atoms with van der Waals surface area (Å²) in [6, 6.07) is 2.14. The van der Waals surface area contributed by atoms with Crippen LogP contribution in [0.2, 0.25) is 0 Å². The van der Waals surface area contributed by atoms with Crippen molar-refractivity contribution in [2.24, 2.45) is 5.92 Å². The smallest absolute Gasteiger partial charge is 0.435 e. The zero-order chi connectivity index (χ0) is 18.2. The molecule has 142 valence electrons. The third-order valence-corrected chi connectivity index (χ3v) is 3.85. The first-order valence-corrected chi connectivity index (χ1v) is 7.32. The van der Waals surface area contributed by atoms with Crippen LogP contribution in [-0.4, -0.2) is 49.9 Å². The molecule has 0 aromatic carbocycles. The molecule has 3 rings (SSSR count). The summed E-state index contributed by atoms with van der Waals surface area (Å²) in [5.41, 5.74) is -1.05. The topological polar surface area (TPSA) is 101 Å². The molecular weight excluding hydrogens is 381 g/mol. The highest BCUT2D eigenvalue weighted by Gasteiger charge is 2.34. The largest absolute Gasteiger partial charge is 0.481 e. The average Bonchev–Trinajstić information content (AvgIpc) is 3.26. The lowest BCUT2D eigenvalue weighted by molar-refractivity contribution is -0.142. The first-order valence-electron chi connectivity index (χ1n) is 7.32. The lowest BCUT2D eigenvalue weighted by Gasteiger charge is -2.13. The highest BCUT2D eigenvalue weighted by Crippen LogP contribution is 2.27.